The summed E-state index contributed by atoms with van der Waals surface area (Å²) in [5.74, 6) is 6.08. The van der Waals surface area contributed by atoms with Crippen LogP contribution in [0.5, 0.6) is 0 Å². The third-order valence-electron chi connectivity index (χ3n) is 3.02. The van der Waals surface area contributed by atoms with E-state index in [9.17, 15) is 4.79 Å². The number of nitrogens with two attached hydrogens (primary N) is 1. The number of carbonyl (C=O) groups is 1. The van der Waals surface area contributed by atoms with E-state index in [-0.39, 0.29) is 5.91 Å². The number of likely N-dealkylation sites (tertiary alicyclic amines) is 1. The van der Waals surface area contributed by atoms with Gasteiger partial charge in [0, 0.05) is 24.0 Å². The van der Waals surface area contributed by atoms with Gasteiger partial charge in [-0.3, -0.25) is 10.2 Å². The lowest BCUT2D eigenvalue weighted by molar-refractivity contribution is -0.128. The SMILES string of the molecule is CCCC1CC(=O)N(Cc2cnc(NN)s2)C1. The number of hydrazine groups is 1. The molecule has 1 saturated heterocycles. The first kappa shape index (κ1) is 12.3. The molecule has 0 radical (unpaired) electrons. The van der Waals surface area contributed by atoms with Crippen LogP contribution in [-0.2, 0) is 11.3 Å². The molecule has 0 saturated carbocycles. The summed E-state index contributed by atoms with van der Waals surface area (Å²) in [7, 11) is 0. The van der Waals surface area contributed by atoms with E-state index in [1.165, 1.54) is 11.3 Å². The lowest BCUT2D eigenvalue weighted by Crippen LogP contribution is -2.24. The summed E-state index contributed by atoms with van der Waals surface area (Å²) in [6.07, 6.45) is 4.77. The van der Waals surface area contributed by atoms with Gasteiger partial charge in [-0.05, 0) is 12.3 Å². The van der Waals surface area contributed by atoms with Gasteiger partial charge in [0.15, 0.2) is 5.13 Å². The molecule has 1 atom stereocenters. The fourth-order valence-corrected chi connectivity index (χ4v) is 2.98. The lowest BCUT2D eigenvalue weighted by Gasteiger charge is -2.14. The Kier molecular flexibility index (Phi) is 3.96. The Balaban J connectivity index is 1.93. The van der Waals surface area contributed by atoms with Crippen LogP contribution < -0.4 is 11.3 Å². The van der Waals surface area contributed by atoms with Gasteiger partial charge in [-0.2, -0.15) is 0 Å². The van der Waals surface area contributed by atoms with Crippen molar-refractivity contribution < 1.29 is 4.79 Å². The topological polar surface area (TPSA) is 71.2 Å². The highest BCUT2D eigenvalue weighted by molar-refractivity contribution is 7.15. The van der Waals surface area contributed by atoms with Gasteiger partial charge in [-0.25, -0.2) is 10.8 Å². The van der Waals surface area contributed by atoms with Crippen LogP contribution >= 0.6 is 11.3 Å². The molecule has 1 amide bonds. The number of carbonyl (C=O) groups excluding carboxylic acids is 1. The molecule has 0 aliphatic carbocycles. The van der Waals surface area contributed by atoms with Crippen molar-refractivity contribution in [1.29, 1.82) is 0 Å². The average molecular weight is 254 g/mol. The van der Waals surface area contributed by atoms with Crippen LogP contribution in [0.2, 0.25) is 0 Å². The molecule has 0 aromatic carbocycles. The second-order valence-electron chi connectivity index (χ2n) is 4.41. The van der Waals surface area contributed by atoms with Gasteiger partial charge in [0.2, 0.25) is 5.91 Å². The highest BCUT2D eigenvalue weighted by atomic mass is 32.1. The molecule has 0 spiro atoms. The van der Waals surface area contributed by atoms with Crippen molar-refractivity contribution in [2.75, 3.05) is 12.0 Å². The van der Waals surface area contributed by atoms with E-state index >= 15 is 0 Å². The Morgan fingerprint density at radius 1 is 1.71 bits per heavy atom. The highest BCUT2D eigenvalue weighted by Crippen LogP contribution is 2.26. The number of anilines is 1. The first-order valence-electron chi connectivity index (χ1n) is 5.92. The Labute approximate surface area is 105 Å². The molecule has 3 N–H and O–H groups in total. The molecule has 94 valence electrons. The quantitative estimate of drug-likeness (QED) is 0.618. The van der Waals surface area contributed by atoms with Crippen molar-refractivity contribution in [3.05, 3.63) is 11.1 Å². The Morgan fingerprint density at radius 3 is 3.18 bits per heavy atom. The first-order chi connectivity index (χ1) is 8.22. The number of nitrogens with one attached hydrogen (secondary N) is 1. The molecule has 1 aliphatic rings. The summed E-state index contributed by atoms with van der Waals surface area (Å²) >= 11 is 1.50. The Hall–Kier alpha value is -1.14. The molecule has 1 unspecified atom stereocenters. The molecule has 0 bridgehead atoms. The molecule has 1 aromatic rings. The molecular formula is C11H18N4OS. The number of thiazole rings is 1. The van der Waals surface area contributed by atoms with Crippen LogP contribution in [-0.4, -0.2) is 22.3 Å². The number of aromatic nitrogens is 1. The second kappa shape index (κ2) is 5.46. The van der Waals surface area contributed by atoms with Crippen molar-refractivity contribution in [3.8, 4) is 0 Å². The minimum atomic E-state index is 0.263. The molecule has 5 nitrogen and oxygen atoms in total. The van der Waals surface area contributed by atoms with Gasteiger partial charge in [-0.15, -0.1) is 0 Å². The van der Waals surface area contributed by atoms with Crippen LogP contribution in [0.1, 0.15) is 31.1 Å². The van der Waals surface area contributed by atoms with Gasteiger partial charge in [-0.1, -0.05) is 24.7 Å². The van der Waals surface area contributed by atoms with E-state index in [4.69, 9.17) is 5.84 Å². The number of hydrogen-bond donors (Lipinski definition) is 2. The molecular weight excluding hydrogens is 236 g/mol. The van der Waals surface area contributed by atoms with E-state index in [2.05, 4.69) is 17.3 Å². The minimum absolute atomic E-state index is 0.263. The van der Waals surface area contributed by atoms with Crippen LogP contribution in [0.15, 0.2) is 6.20 Å². The monoisotopic (exact) mass is 254 g/mol. The molecule has 2 heterocycles. The van der Waals surface area contributed by atoms with E-state index in [0.717, 1.165) is 24.3 Å². The van der Waals surface area contributed by atoms with Crippen LogP contribution in [0, 0.1) is 5.92 Å². The number of amides is 1. The van der Waals surface area contributed by atoms with Crippen LogP contribution in [0.25, 0.3) is 0 Å². The largest absolute Gasteiger partial charge is 0.337 e. The maximum atomic E-state index is 11.8. The lowest BCUT2D eigenvalue weighted by atomic mass is 10.0. The molecule has 1 aromatic heterocycles. The van der Waals surface area contributed by atoms with E-state index in [0.29, 0.717) is 24.0 Å². The maximum absolute atomic E-state index is 11.8. The number of hydrogen-bond acceptors (Lipinski definition) is 5. The number of rotatable bonds is 5. The summed E-state index contributed by atoms with van der Waals surface area (Å²) in [5, 5.41) is 0.691. The van der Waals surface area contributed by atoms with Gasteiger partial charge in [0.25, 0.3) is 0 Å². The van der Waals surface area contributed by atoms with Gasteiger partial charge in [0.1, 0.15) is 0 Å². The number of nitrogen functional groups attached to an aromatic ring is 1. The molecule has 17 heavy (non-hydrogen) atoms. The molecule has 1 fully saturated rings. The van der Waals surface area contributed by atoms with Crippen LogP contribution in [0.3, 0.4) is 0 Å². The normalized spacial score (nSPS) is 20.0. The number of nitrogens with zero attached hydrogens (tertiary/aromatic N) is 2. The van der Waals surface area contributed by atoms with E-state index in [1.54, 1.807) is 6.20 Å². The zero-order valence-electron chi connectivity index (χ0n) is 9.98. The van der Waals surface area contributed by atoms with Crippen molar-refractivity contribution in [3.63, 3.8) is 0 Å². The third kappa shape index (κ3) is 2.95. The van der Waals surface area contributed by atoms with Crippen molar-refractivity contribution >= 4 is 22.4 Å². The maximum Gasteiger partial charge on any atom is 0.223 e. The summed E-state index contributed by atoms with van der Waals surface area (Å²) in [6.45, 7) is 3.71. The minimum Gasteiger partial charge on any atom is -0.337 e. The molecule has 6 heteroatoms. The van der Waals surface area contributed by atoms with Gasteiger partial charge >= 0.3 is 0 Å². The Bertz CT molecular complexity index is 393. The first-order valence-corrected chi connectivity index (χ1v) is 6.73. The van der Waals surface area contributed by atoms with E-state index in [1.807, 2.05) is 4.90 Å². The zero-order chi connectivity index (χ0) is 12.3. The van der Waals surface area contributed by atoms with Crippen molar-refractivity contribution in [2.45, 2.75) is 32.7 Å². The summed E-state index contributed by atoms with van der Waals surface area (Å²) in [6, 6.07) is 0. The van der Waals surface area contributed by atoms with Crippen molar-refractivity contribution in [2.24, 2.45) is 11.8 Å². The average Bonchev–Trinajstić information content (AvgIpc) is 2.88. The zero-order valence-corrected chi connectivity index (χ0v) is 10.8. The van der Waals surface area contributed by atoms with Crippen LogP contribution in [0.4, 0.5) is 5.13 Å². The summed E-state index contributed by atoms with van der Waals surface area (Å²) < 4.78 is 0. The fourth-order valence-electron chi connectivity index (χ4n) is 2.24. The molecule has 2 rings (SSSR count). The summed E-state index contributed by atoms with van der Waals surface area (Å²) in [5.41, 5.74) is 2.52. The summed E-state index contributed by atoms with van der Waals surface area (Å²) in [4.78, 5) is 18.9. The van der Waals surface area contributed by atoms with E-state index < -0.39 is 0 Å². The Morgan fingerprint density at radius 2 is 2.53 bits per heavy atom. The van der Waals surface area contributed by atoms with Gasteiger partial charge in [0.05, 0.1) is 6.54 Å². The van der Waals surface area contributed by atoms with Gasteiger partial charge < -0.3 is 4.90 Å². The molecule has 1 aliphatic heterocycles. The van der Waals surface area contributed by atoms with Crippen molar-refractivity contribution in [1.82, 2.24) is 9.88 Å². The second-order valence-corrected chi connectivity index (χ2v) is 5.52. The predicted molar refractivity (Wildman–Crippen MR) is 68.4 cm³/mol. The smallest absolute Gasteiger partial charge is 0.223 e. The standard InChI is InChI=1S/C11H18N4OS/c1-2-3-8-4-10(16)15(6-8)7-9-5-13-11(14-12)17-9/h5,8H,2-4,6-7,12H2,1H3,(H,13,14). The predicted octanol–water partition coefficient (Wildman–Crippen LogP) is 1.58. The third-order valence-corrected chi connectivity index (χ3v) is 3.93. The fraction of sp³-hybridized carbons (Fsp3) is 0.636. The highest BCUT2D eigenvalue weighted by Gasteiger charge is 2.28.